The Hall–Kier alpha value is -1.90. The van der Waals surface area contributed by atoms with Gasteiger partial charge in [0, 0.05) is 10.6 Å². The number of hydrogen-bond donors (Lipinski definition) is 1. The Bertz CT molecular complexity index is 728. The number of nitrogens with zero attached hydrogens (tertiary/aromatic N) is 1. The van der Waals surface area contributed by atoms with Crippen LogP contribution in [0.15, 0.2) is 40.9 Å². The molecule has 1 amide bonds. The van der Waals surface area contributed by atoms with Crippen molar-refractivity contribution in [2.45, 2.75) is 0 Å². The minimum absolute atomic E-state index is 0.191. The van der Waals surface area contributed by atoms with Gasteiger partial charge in [-0.25, -0.2) is 4.39 Å². The molecule has 1 N–H and O–H groups in total. The number of nitriles is 1. The number of nitrogens with one attached hydrogen (secondary N) is 1. The number of halogens is 3. The van der Waals surface area contributed by atoms with Gasteiger partial charge in [0.2, 0.25) is 0 Å². The molecule has 0 unspecified atom stereocenters. The molecule has 0 aliphatic heterocycles. The number of carbonyl (C=O) groups excluding carboxylic acids is 1. The fourth-order valence-corrected chi connectivity index (χ4v) is 2.10. The number of benzene rings is 2. The van der Waals surface area contributed by atoms with Crippen molar-refractivity contribution < 1.29 is 9.18 Å². The molecule has 0 atom stereocenters. The van der Waals surface area contributed by atoms with Gasteiger partial charge in [-0.15, -0.1) is 0 Å². The van der Waals surface area contributed by atoms with Crippen LogP contribution in [-0.2, 0) is 0 Å². The highest BCUT2D eigenvalue weighted by Gasteiger charge is 2.11. The van der Waals surface area contributed by atoms with Crippen molar-refractivity contribution in [1.82, 2.24) is 0 Å². The predicted molar refractivity (Wildman–Crippen MR) is 78.2 cm³/mol. The monoisotopic (exact) mass is 352 g/mol. The van der Waals surface area contributed by atoms with Crippen LogP contribution in [0, 0.1) is 17.1 Å². The van der Waals surface area contributed by atoms with Gasteiger partial charge in [0.05, 0.1) is 15.7 Å². The van der Waals surface area contributed by atoms with Gasteiger partial charge in [0.1, 0.15) is 11.9 Å². The van der Waals surface area contributed by atoms with E-state index in [1.807, 2.05) is 6.07 Å². The summed E-state index contributed by atoms with van der Waals surface area (Å²) in [6, 6.07) is 10.4. The Balaban J connectivity index is 2.30. The summed E-state index contributed by atoms with van der Waals surface area (Å²) < 4.78 is 13.3. The maximum absolute atomic E-state index is 13.1. The zero-order valence-electron chi connectivity index (χ0n) is 9.95. The second-order valence-corrected chi connectivity index (χ2v) is 5.18. The predicted octanol–water partition coefficient (Wildman–Crippen LogP) is 4.37. The molecule has 0 spiro atoms. The summed E-state index contributed by atoms with van der Waals surface area (Å²) in [5, 5.41) is 12.0. The summed E-state index contributed by atoms with van der Waals surface area (Å²) in [5.41, 5.74) is 0.872. The first-order valence-corrected chi connectivity index (χ1v) is 6.64. The molecule has 0 saturated carbocycles. The molecule has 3 nitrogen and oxygen atoms in total. The van der Waals surface area contributed by atoms with E-state index >= 15 is 0 Å². The van der Waals surface area contributed by atoms with Crippen LogP contribution in [0.4, 0.5) is 10.1 Å². The zero-order chi connectivity index (χ0) is 14.7. The Morgan fingerprint density at radius 3 is 2.70 bits per heavy atom. The molecule has 0 aromatic heterocycles. The number of carbonyl (C=O) groups is 1. The number of anilines is 1. The molecule has 0 saturated heterocycles. The number of rotatable bonds is 2. The molecule has 20 heavy (non-hydrogen) atoms. The lowest BCUT2D eigenvalue weighted by Gasteiger charge is -2.08. The van der Waals surface area contributed by atoms with Crippen molar-refractivity contribution >= 4 is 39.1 Å². The van der Waals surface area contributed by atoms with Gasteiger partial charge in [0.15, 0.2) is 0 Å². The van der Waals surface area contributed by atoms with Crippen LogP contribution >= 0.6 is 27.5 Å². The molecule has 0 heterocycles. The maximum atomic E-state index is 13.1. The van der Waals surface area contributed by atoms with Gasteiger partial charge in [0.25, 0.3) is 5.91 Å². The first kappa shape index (κ1) is 14.5. The van der Waals surface area contributed by atoms with Crippen LogP contribution in [0.3, 0.4) is 0 Å². The topological polar surface area (TPSA) is 52.9 Å². The Kier molecular flexibility index (Phi) is 4.38. The summed E-state index contributed by atoms with van der Waals surface area (Å²) in [7, 11) is 0. The highest BCUT2D eigenvalue weighted by atomic mass is 79.9. The molecule has 2 rings (SSSR count). The van der Waals surface area contributed by atoms with Crippen molar-refractivity contribution in [2.75, 3.05) is 5.32 Å². The summed E-state index contributed by atoms with van der Waals surface area (Å²) in [6.45, 7) is 0. The van der Waals surface area contributed by atoms with E-state index in [-0.39, 0.29) is 10.0 Å². The Morgan fingerprint density at radius 2 is 2.05 bits per heavy atom. The van der Waals surface area contributed by atoms with Gasteiger partial charge < -0.3 is 5.32 Å². The molecule has 0 fully saturated rings. The molecular weight excluding hydrogens is 347 g/mol. The lowest BCUT2D eigenvalue weighted by molar-refractivity contribution is 0.102. The minimum atomic E-state index is -0.456. The molecule has 6 heteroatoms. The number of amides is 1. The Labute approximate surface area is 128 Å². The summed E-state index contributed by atoms with van der Waals surface area (Å²) in [6.07, 6.45) is 0. The average Bonchev–Trinajstić information content (AvgIpc) is 2.42. The molecule has 0 radical (unpaired) electrons. The first-order valence-electron chi connectivity index (χ1n) is 5.47. The van der Waals surface area contributed by atoms with Gasteiger partial charge in [-0.1, -0.05) is 11.6 Å². The van der Waals surface area contributed by atoms with Crippen LogP contribution in [0.2, 0.25) is 5.02 Å². The van der Waals surface area contributed by atoms with Gasteiger partial charge in [-0.3, -0.25) is 4.79 Å². The summed E-state index contributed by atoms with van der Waals surface area (Å²) in [5.74, 6) is -0.911. The van der Waals surface area contributed by atoms with E-state index in [0.717, 1.165) is 0 Å². The van der Waals surface area contributed by atoms with Crippen molar-refractivity contribution in [1.29, 1.82) is 5.26 Å². The smallest absolute Gasteiger partial charge is 0.255 e. The Morgan fingerprint density at radius 1 is 1.30 bits per heavy atom. The lowest BCUT2D eigenvalue weighted by Crippen LogP contribution is -2.13. The zero-order valence-corrected chi connectivity index (χ0v) is 12.3. The quantitative estimate of drug-likeness (QED) is 0.872. The standard InChI is InChI=1S/C14H7BrClFN2O/c15-11-5-8(2-4-12(11)17)14(20)19-13-6-10(16)3-1-9(13)7-18/h1-6H,(H,19,20). The fraction of sp³-hybridized carbons (Fsp3) is 0. The third-order valence-electron chi connectivity index (χ3n) is 2.53. The van der Waals surface area contributed by atoms with Crippen LogP contribution in [0.5, 0.6) is 0 Å². The lowest BCUT2D eigenvalue weighted by atomic mass is 10.1. The second kappa shape index (κ2) is 6.04. The first-order chi connectivity index (χ1) is 9.51. The van der Waals surface area contributed by atoms with Crippen LogP contribution in [0.25, 0.3) is 0 Å². The van der Waals surface area contributed by atoms with E-state index in [9.17, 15) is 9.18 Å². The average molecular weight is 354 g/mol. The van der Waals surface area contributed by atoms with E-state index in [2.05, 4.69) is 21.2 Å². The highest BCUT2D eigenvalue weighted by Crippen LogP contribution is 2.22. The summed E-state index contributed by atoms with van der Waals surface area (Å²) in [4.78, 5) is 12.1. The van der Waals surface area contributed by atoms with E-state index in [1.165, 1.54) is 30.3 Å². The third kappa shape index (κ3) is 3.16. The van der Waals surface area contributed by atoms with Gasteiger partial charge in [-0.05, 0) is 52.3 Å². The van der Waals surface area contributed by atoms with E-state index < -0.39 is 11.7 Å². The van der Waals surface area contributed by atoms with E-state index in [4.69, 9.17) is 16.9 Å². The largest absolute Gasteiger partial charge is 0.321 e. The maximum Gasteiger partial charge on any atom is 0.255 e. The molecule has 0 bridgehead atoms. The fourth-order valence-electron chi connectivity index (χ4n) is 1.55. The van der Waals surface area contributed by atoms with Crippen molar-refractivity contribution in [3.63, 3.8) is 0 Å². The molecule has 0 aliphatic rings. The van der Waals surface area contributed by atoms with Gasteiger partial charge in [-0.2, -0.15) is 5.26 Å². The summed E-state index contributed by atoms with van der Waals surface area (Å²) >= 11 is 8.84. The SMILES string of the molecule is N#Cc1ccc(Cl)cc1NC(=O)c1ccc(F)c(Br)c1. The van der Waals surface area contributed by atoms with Crippen LogP contribution in [-0.4, -0.2) is 5.91 Å². The van der Waals surface area contributed by atoms with Crippen molar-refractivity contribution in [3.05, 3.63) is 62.8 Å². The van der Waals surface area contributed by atoms with Crippen molar-refractivity contribution in [3.8, 4) is 6.07 Å². The van der Waals surface area contributed by atoms with Crippen LogP contribution < -0.4 is 5.32 Å². The van der Waals surface area contributed by atoms with Crippen LogP contribution in [0.1, 0.15) is 15.9 Å². The van der Waals surface area contributed by atoms with Gasteiger partial charge >= 0.3 is 0 Å². The molecule has 2 aromatic rings. The molecule has 2 aromatic carbocycles. The highest BCUT2D eigenvalue weighted by molar-refractivity contribution is 9.10. The molecule has 0 aliphatic carbocycles. The number of hydrogen-bond acceptors (Lipinski definition) is 2. The third-order valence-corrected chi connectivity index (χ3v) is 3.37. The normalized spacial score (nSPS) is 9.90. The molecular formula is C14H7BrClFN2O. The van der Waals surface area contributed by atoms with E-state index in [0.29, 0.717) is 16.3 Å². The van der Waals surface area contributed by atoms with Crippen molar-refractivity contribution in [2.24, 2.45) is 0 Å². The second-order valence-electron chi connectivity index (χ2n) is 3.88. The molecule has 100 valence electrons. The van der Waals surface area contributed by atoms with E-state index in [1.54, 1.807) is 6.07 Å². The minimum Gasteiger partial charge on any atom is -0.321 e.